The summed E-state index contributed by atoms with van der Waals surface area (Å²) in [5, 5.41) is 0.105. The van der Waals surface area contributed by atoms with Crippen molar-refractivity contribution in [1.82, 2.24) is 0 Å². The molecular weight excluding hydrogens is 312 g/mol. The summed E-state index contributed by atoms with van der Waals surface area (Å²) in [5.74, 6) is -0.836. The minimum atomic E-state index is -0.443. The Kier molecular flexibility index (Phi) is 4.30. The Morgan fingerprint density at radius 3 is 2.53 bits per heavy atom. The number of aliphatic imine (C=N–C) groups is 2. The summed E-state index contributed by atoms with van der Waals surface area (Å²) in [6, 6.07) is 1.14. The van der Waals surface area contributed by atoms with E-state index in [9.17, 15) is 4.39 Å². The molecule has 0 unspecified atom stereocenters. The van der Waals surface area contributed by atoms with Crippen LogP contribution in [0.2, 0.25) is 5.02 Å². The second kappa shape index (κ2) is 5.33. The third-order valence-electron chi connectivity index (χ3n) is 1.85. The SMILES string of the molecule is Cc1c(F)cc(Cl)c(N=C(N)N=C(N)N)c1Br. The molecule has 8 heteroatoms. The molecule has 17 heavy (non-hydrogen) atoms. The summed E-state index contributed by atoms with van der Waals surface area (Å²) in [7, 11) is 0. The maximum Gasteiger partial charge on any atom is 0.223 e. The van der Waals surface area contributed by atoms with Gasteiger partial charge in [-0.2, -0.15) is 4.99 Å². The molecular formula is C9H10BrClFN5. The van der Waals surface area contributed by atoms with Gasteiger partial charge < -0.3 is 17.2 Å². The van der Waals surface area contributed by atoms with Crippen molar-refractivity contribution in [2.24, 2.45) is 27.2 Å². The first-order valence-corrected chi connectivity index (χ1v) is 5.58. The number of hydrogen-bond acceptors (Lipinski definition) is 1. The molecule has 0 fully saturated rings. The van der Waals surface area contributed by atoms with Crippen LogP contribution in [0.4, 0.5) is 10.1 Å². The van der Waals surface area contributed by atoms with Crippen molar-refractivity contribution in [2.75, 3.05) is 0 Å². The molecule has 0 aliphatic carbocycles. The first-order valence-electron chi connectivity index (χ1n) is 4.40. The van der Waals surface area contributed by atoms with Crippen LogP contribution >= 0.6 is 27.5 Å². The molecule has 1 aromatic carbocycles. The van der Waals surface area contributed by atoms with Crippen LogP contribution in [0.25, 0.3) is 0 Å². The van der Waals surface area contributed by atoms with Crippen molar-refractivity contribution in [1.29, 1.82) is 0 Å². The van der Waals surface area contributed by atoms with Crippen LogP contribution in [0.15, 0.2) is 20.5 Å². The number of nitrogens with two attached hydrogens (primary N) is 3. The van der Waals surface area contributed by atoms with Crippen molar-refractivity contribution in [2.45, 2.75) is 6.92 Å². The Balaban J connectivity index is 3.34. The van der Waals surface area contributed by atoms with Gasteiger partial charge in [0, 0.05) is 5.56 Å². The van der Waals surface area contributed by atoms with E-state index in [-0.39, 0.29) is 22.6 Å². The third kappa shape index (κ3) is 3.31. The van der Waals surface area contributed by atoms with Gasteiger partial charge in [-0.25, -0.2) is 9.38 Å². The van der Waals surface area contributed by atoms with E-state index >= 15 is 0 Å². The molecule has 0 aliphatic rings. The molecule has 6 N–H and O–H groups in total. The van der Waals surface area contributed by atoms with Crippen LogP contribution in [-0.2, 0) is 0 Å². The van der Waals surface area contributed by atoms with Crippen LogP contribution in [0.1, 0.15) is 5.56 Å². The lowest BCUT2D eigenvalue weighted by atomic mass is 10.2. The molecule has 0 aromatic heterocycles. The fraction of sp³-hybridized carbons (Fsp3) is 0.111. The normalized spacial score (nSPS) is 11.4. The van der Waals surface area contributed by atoms with E-state index in [0.29, 0.717) is 10.0 Å². The molecule has 5 nitrogen and oxygen atoms in total. The Hall–Kier alpha value is -1.34. The van der Waals surface area contributed by atoms with Crippen LogP contribution in [0.3, 0.4) is 0 Å². The molecule has 0 atom stereocenters. The summed E-state index contributed by atoms with van der Waals surface area (Å²) in [5.41, 5.74) is 16.4. The summed E-state index contributed by atoms with van der Waals surface area (Å²) in [4.78, 5) is 7.44. The molecule has 0 amide bonds. The largest absolute Gasteiger partial charge is 0.370 e. The lowest BCUT2D eigenvalue weighted by Crippen LogP contribution is -2.26. The minimum absolute atomic E-state index is 0.105. The maximum atomic E-state index is 13.3. The van der Waals surface area contributed by atoms with Crippen LogP contribution < -0.4 is 17.2 Å². The fourth-order valence-electron chi connectivity index (χ4n) is 1.05. The van der Waals surface area contributed by atoms with Gasteiger partial charge in [0.05, 0.1) is 9.50 Å². The van der Waals surface area contributed by atoms with E-state index in [0.717, 1.165) is 6.07 Å². The average Bonchev–Trinajstić information content (AvgIpc) is 2.20. The highest BCUT2D eigenvalue weighted by molar-refractivity contribution is 9.10. The van der Waals surface area contributed by atoms with Crippen molar-refractivity contribution in [3.05, 3.63) is 26.9 Å². The smallest absolute Gasteiger partial charge is 0.223 e. The summed E-state index contributed by atoms with van der Waals surface area (Å²) >= 11 is 9.02. The predicted octanol–water partition coefficient (Wildman–Crippen LogP) is 1.77. The summed E-state index contributed by atoms with van der Waals surface area (Å²) in [6.07, 6.45) is 0. The quantitative estimate of drug-likeness (QED) is 0.542. The minimum Gasteiger partial charge on any atom is -0.370 e. The zero-order valence-corrected chi connectivity index (χ0v) is 11.2. The van der Waals surface area contributed by atoms with Gasteiger partial charge in [-0.3, -0.25) is 0 Å². The molecule has 0 saturated carbocycles. The highest BCUT2D eigenvalue weighted by Gasteiger charge is 2.12. The monoisotopic (exact) mass is 321 g/mol. The first-order chi connectivity index (χ1) is 7.82. The second-order valence-corrected chi connectivity index (χ2v) is 4.33. The number of benzene rings is 1. The molecule has 1 rings (SSSR count). The van der Waals surface area contributed by atoms with E-state index in [1.807, 2.05) is 0 Å². The number of rotatable bonds is 1. The molecule has 0 spiro atoms. The van der Waals surface area contributed by atoms with Gasteiger partial charge in [0.15, 0.2) is 5.96 Å². The number of halogens is 3. The van der Waals surface area contributed by atoms with E-state index in [4.69, 9.17) is 28.8 Å². The summed E-state index contributed by atoms with van der Waals surface area (Å²) in [6.45, 7) is 1.57. The van der Waals surface area contributed by atoms with E-state index in [1.54, 1.807) is 6.92 Å². The highest BCUT2D eigenvalue weighted by atomic mass is 79.9. The lowest BCUT2D eigenvalue weighted by Gasteiger charge is -2.06. The molecule has 0 heterocycles. The Labute approximate surface area is 111 Å². The first kappa shape index (κ1) is 13.7. The topological polar surface area (TPSA) is 103 Å². The van der Waals surface area contributed by atoms with Gasteiger partial charge >= 0.3 is 0 Å². The van der Waals surface area contributed by atoms with Crippen molar-refractivity contribution in [3.8, 4) is 0 Å². The third-order valence-corrected chi connectivity index (χ3v) is 3.10. The molecule has 92 valence electrons. The number of nitrogens with zero attached hydrogens (tertiary/aromatic N) is 2. The van der Waals surface area contributed by atoms with Gasteiger partial charge in [-0.1, -0.05) is 11.6 Å². The molecule has 0 saturated heterocycles. The summed E-state index contributed by atoms with van der Waals surface area (Å²) < 4.78 is 13.7. The Morgan fingerprint density at radius 1 is 1.41 bits per heavy atom. The molecule has 1 aromatic rings. The van der Waals surface area contributed by atoms with Gasteiger partial charge in [-0.15, -0.1) is 0 Å². The number of hydrogen-bond donors (Lipinski definition) is 3. The lowest BCUT2D eigenvalue weighted by molar-refractivity contribution is 0.617. The van der Waals surface area contributed by atoms with Gasteiger partial charge in [0.25, 0.3) is 0 Å². The van der Waals surface area contributed by atoms with Gasteiger partial charge in [0.2, 0.25) is 5.96 Å². The van der Waals surface area contributed by atoms with Crippen molar-refractivity contribution >= 4 is 45.1 Å². The molecule has 0 aliphatic heterocycles. The predicted molar refractivity (Wildman–Crippen MR) is 70.9 cm³/mol. The zero-order chi connectivity index (χ0) is 13.2. The molecule has 0 radical (unpaired) electrons. The van der Waals surface area contributed by atoms with E-state index < -0.39 is 5.82 Å². The van der Waals surface area contributed by atoms with Crippen molar-refractivity contribution in [3.63, 3.8) is 0 Å². The standard InChI is InChI=1S/C9H10BrClFN5/c1-3-5(12)2-4(11)7(6(3)10)16-9(15)17-8(13)14/h2H,1H3,(H6,13,14,15,16,17). The van der Waals surface area contributed by atoms with Gasteiger partial charge in [-0.05, 0) is 28.9 Å². The van der Waals surface area contributed by atoms with Crippen molar-refractivity contribution < 1.29 is 4.39 Å². The van der Waals surface area contributed by atoms with Crippen LogP contribution in [-0.4, -0.2) is 11.9 Å². The van der Waals surface area contributed by atoms with E-state index in [1.165, 1.54) is 0 Å². The highest BCUT2D eigenvalue weighted by Crippen LogP contribution is 2.37. The zero-order valence-electron chi connectivity index (χ0n) is 8.84. The Morgan fingerprint density at radius 2 is 2.00 bits per heavy atom. The van der Waals surface area contributed by atoms with E-state index in [2.05, 4.69) is 25.9 Å². The van der Waals surface area contributed by atoms with Crippen LogP contribution in [0, 0.1) is 12.7 Å². The maximum absolute atomic E-state index is 13.3. The van der Waals surface area contributed by atoms with Crippen LogP contribution in [0.5, 0.6) is 0 Å². The number of guanidine groups is 2. The second-order valence-electron chi connectivity index (χ2n) is 3.13. The Bertz CT molecular complexity index is 511. The molecule has 0 bridgehead atoms. The average molecular weight is 323 g/mol. The van der Waals surface area contributed by atoms with Gasteiger partial charge in [0.1, 0.15) is 11.5 Å². The fourth-order valence-corrected chi connectivity index (χ4v) is 1.89.